The molecule has 102 valence electrons. The van der Waals surface area contributed by atoms with Crippen LogP contribution in [0.5, 0.6) is 0 Å². The van der Waals surface area contributed by atoms with E-state index in [1.165, 1.54) is 0 Å². The highest BCUT2D eigenvalue weighted by Crippen LogP contribution is 2.41. The molecule has 0 unspecified atom stereocenters. The highest BCUT2D eigenvalue weighted by atomic mass is 28.3. The summed E-state index contributed by atoms with van der Waals surface area (Å²) in [6.07, 6.45) is 3.92. The maximum Gasteiger partial charge on any atom is 0.145 e. The maximum absolute atomic E-state index is 10.8. The Labute approximate surface area is 115 Å². The summed E-state index contributed by atoms with van der Waals surface area (Å²) in [6.45, 7) is 6.47. The Kier molecular flexibility index (Phi) is 3.61. The zero-order valence-corrected chi connectivity index (χ0v) is 12.9. The molecule has 3 nitrogen and oxygen atoms in total. The van der Waals surface area contributed by atoms with E-state index >= 15 is 0 Å². The summed E-state index contributed by atoms with van der Waals surface area (Å²) in [5.74, 6) is 4.29. The second-order valence-electron chi connectivity index (χ2n) is 5.93. The zero-order chi connectivity index (χ0) is 14.1. The lowest BCUT2D eigenvalue weighted by molar-refractivity contribution is 0.0804. The topological polar surface area (TPSA) is 42.6 Å². The van der Waals surface area contributed by atoms with Gasteiger partial charge in [0.15, 0.2) is 0 Å². The summed E-state index contributed by atoms with van der Waals surface area (Å²) in [4.78, 5) is 0. The molecule has 1 aliphatic rings. The highest BCUT2D eigenvalue weighted by molar-refractivity contribution is 6.83. The monoisotopic (exact) mass is 276 g/mol. The van der Waals surface area contributed by atoms with Gasteiger partial charge in [-0.25, -0.2) is 0 Å². The van der Waals surface area contributed by atoms with E-state index in [4.69, 9.17) is 9.15 Å². The molecule has 0 aliphatic heterocycles. The molecule has 0 saturated heterocycles. The van der Waals surface area contributed by atoms with Gasteiger partial charge < -0.3 is 14.3 Å². The summed E-state index contributed by atoms with van der Waals surface area (Å²) in [6, 6.07) is 3.68. The molecule has 0 saturated carbocycles. The van der Waals surface area contributed by atoms with Crippen molar-refractivity contribution in [1.82, 2.24) is 0 Å². The van der Waals surface area contributed by atoms with Crippen LogP contribution in [0.25, 0.3) is 0 Å². The van der Waals surface area contributed by atoms with Crippen molar-refractivity contribution in [2.24, 2.45) is 0 Å². The predicted molar refractivity (Wildman–Crippen MR) is 77.2 cm³/mol. The second-order valence-corrected chi connectivity index (χ2v) is 10.7. The summed E-state index contributed by atoms with van der Waals surface area (Å²) in [5, 5.41) is 10.8. The summed E-state index contributed by atoms with van der Waals surface area (Å²) in [5.41, 5.74) is 2.13. The molecule has 0 aromatic carbocycles. The van der Waals surface area contributed by atoms with Crippen molar-refractivity contribution in [2.45, 2.75) is 37.6 Å². The van der Waals surface area contributed by atoms with Gasteiger partial charge in [0, 0.05) is 6.42 Å². The van der Waals surface area contributed by atoms with Crippen molar-refractivity contribution in [2.75, 3.05) is 7.11 Å². The molecule has 1 N–H and O–H groups in total. The molecule has 0 radical (unpaired) electrons. The molecule has 1 aliphatic carbocycles. The molecule has 0 bridgehead atoms. The van der Waals surface area contributed by atoms with Crippen LogP contribution >= 0.6 is 0 Å². The normalized spacial score (nSPS) is 26.6. The molecule has 0 amide bonds. The van der Waals surface area contributed by atoms with Crippen LogP contribution in [0.1, 0.15) is 18.1 Å². The van der Waals surface area contributed by atoms with Gasteiger partial charge in [-0.05, 0) is 18.2 Å². The van der Waals surface area contributed by atoms with Gasteiger partial charge >= 0.3 is 0 Å². The summed E-state index contributed by atoms with van der Waals surface area (Å²) < 4.78 is 10.7. The number of hydrogen-bond donors (Lipinski definition) is 1. The number of aliphatic hydroxyl groups is 1. The quantitative estimate of drug-likeness (QED) is 0.667. The number of ether oxygens (including phenoxy) is 1. The fraction of sp³-hybridized carbons (Fsp3) is 0.467. The van der Waals surface area contributed by atoms with Crippen LogP contribution in [0.15, 0.2) is 34.6 Å². The molecule has 1 aromatic heterocycles. The van der Waals surface area contributed by atoms with E-state index in [-0.39, 0.29) is 5.92 Å². The average molecular weight is 276 g/mol. The molecule has 2 atom stereocenters. The first-order valence-electron chi connectivity index (χ1n) is 6.39. The van der Waals surface area contributed by atoms with E-state index < -0.39 is 13.7 Å². The van der Waals surface area contributed by atoms with Crippen molar-refractivity contribution in [1.29, 1.82) is 0 Å². The van der Waals surface area contributed by atoms with Gasteiger partial charge in [-0.3, -0.25) is 0 Å². The van der Waals surface area contributed by atoms with Crippen molar-refractivity contribution >= 4 is 8.07 Å². The Hall–Kier alpha value is -1.44. The fourth-order valence-electron chi connectivity index (χ4n) is 2.10. The maximum atomic E-state index is 10.8. The van der Waals surface area contributed by atoms with Crippen molar-refractivity contribution < 1.29 is 14.3 Å². The van der Waals surface area contributed by atoms with Gasteiger partial charge in [0.2, 0.25) is 0 Å². The van der Waals surface area contributed by atoms with Crippen LogP contribution in [0, 0.1) is 11.5 Å². The van der Waals surface area contributed by atoms with Crippen LogP contribution in [-0.4, -0.2) is 25.9 Å². The summed E-state index contributed by atoms with van der Waals surface area (Å²) in [7, 11) is 0.0797. The van der Waals surface area contributed by atoms with Gasteiger partial charge in [-0.1, -0.05) is 25.6 Å². The minimum Gasteiger partial charge on any atom is -0.501 e. The van der Waals surface area contributed by atoms with Gasteiger partial charge in [0.05, 0.1) is 25.1 Å². The van der Waals surface area contributed by atoms with Crippen LogP contribution < -0.4 is 0 Å². The molecule has 1 heterocycles. The molecule has 0 fully saturated rings. The minimum absolute atomic E-state index is 0.263. The van der Waals surface area contributed by atoms with Gasteiger partial charge in [0.1, 0.15) is 19.4 Å². The lowest BCUT2D eigenvalue weighted by Crippen LogP contribution is -2.31. The Morgan fingerprint density at radius 1 is 1.47 bits per heavy atom. The molecule has 0 spiro atoms. The van der Waals surface area contributed by atoms with E-state index in [0.717, 1.165) is 11.5 Å². The number of rotatable bonds is 2. The first-order chi connectivity index (χ1) is 8.84. The first-order valence-corrected chi connectivity index (χ1v) is 9.89. The van der Waals surface area contributed by atoms with E-state index in [1.807, 2.05) is 18.2 Å². The molecule has 2 rings (SSSR count). The van der Waals surface area contributed by atoms with Crippen LogP contribution in [0.3, 0.4) is 0 Å². The Balaban J connectivity index is 2.36. The Bertz CT molecular complexity index is 528. The third-order valence-corrected chi connectivity index (χ3v) is 3.95. The molecule has 4 heteroatoms. The van der Waals surface area contributed by atoms with Crippen molar-refractivity contribution in [3.05, 3.63) is 36.0 Å². The van der Waals surface area contributed by atoms with E-state index in [1.54, 1.807) is 13.4 Å². The van der Waals surface area contributed by atoms with Crippen molar-refractivity contribution in [3.63, 3.8) is 0 Å². The zero-order valence-electron chi connectivity index (χ0n) is 11.9. The highest BCUT2D eigenvalue weighted by Gasteiger charge is 2.43. The molecular formula is C15H20O3Si. The number of furan rings is 1. The Morgan fingerprint density at radius 3 is 2.74 bits per heavy atom. The SMILES string of the molecule is COC1=C[C@H](c2ccco2)[C@@](O)(C#C[Si](C)(C)C)C1. The molecular weight excluding hydrogens is 256 g/mol. The first kappa shape index (κ1) is 14.0. The van der Waals surface area contributed by atoms with Crippen LogP contribution in [-0.2, 0) is 4.74 Å². The third kappa shape index (κ3) is 3.12. The van der Waals surface area contributed by atoms with Crippen LogP contribution in [0.2, 0.25) is 19.6 Å². The van der Waals surface area contributed by atoms with E-state index in [0.29, 0.717) is 6.42 Å². The number of methoxy groups -OCH3 is 1. The van der Waals surface area contributed by atoms with Gasteiger partial charge in [0.25, 0.3) is 0 Å². The van der Waals surface area contributed by atoms with E-state index in [9.17, 15) is 5.11 Å². The molecule has 1 aromatic rings. The Morgan fingerprint density at radius 2 is 2.21 bits per heavy atom. The fourth-order valence-corrected chi connectivity index (χ4v) is 2.69. The second kappa shape index (κ2) is 4.91. The standard InChI is InChI=1S/C15H20O3Si/c1-17-12-10-13(14-6-5-8-18-14)15(16,11-12)7-9-19(2,3)4/h5-6,8,10,13,16H,11H2,1-4H3/t13-,15-/m1/s1. The van der Waals surface area contributed by atoms with Gasteiger partial charge in [-0.2, -0.15) is 0 Å². The number of hydrogen-bond acceptors (Lipinski definition) is 3. The average Bonchev–Trinajstić information content (AvgIpc) is 2.93. The van der Waals surface area contributed by atoms with Crippen molar-refractivity contribution in [3.8, 4) is 11.5 Å². The predicted octanol–water partition coefficient (Wildman–Crippen LogP) is 2.91. The van der Waals surface area contributed by atoms with Crippen LogP contribution in [0.4, 0.5) is 0 Å². The lowest BCUT2D eigenvalue weighted by Gasteiger charge is -2.23. The van der Waals surface area contributed by atoms with Gasteiger partial charge in [-0.15, -0.1) is 5.54 Å². The smallest absolute Gasteiger partial charge is 0.145 e. The molecule has 19 heavy (non-hydrogen) atoms. The largest absolute Gasteiger partial charge is 0.501 e. The summed E-state index contributed by atoms with van der Waals surface area (Å²) >= 11 is 0. The lowest BCUT2D eigenvalue weighted by atomic mass is 9.89. The van der Waals surface area contributed by atoms with E-state index in [2.05, 4.69) is 31.1 Å². The third-order valence-electron chi connectivity index (χ3n) is 3.08. The minimum atomic E-state index is -1.53.